The van der Waals surface area contributed by atoms with Crippen molar-refractivity contribution in [3.63, 3.8) is 0 Å². The average Bonchev–Trinajstić information content (AvgIpc) is 2.98. The van der Waals surface area contributed by atoms with Crippen LogP contribution in [0.1, 0.15) is 110 Å². The van der Waals surface area contributed by atoms with E-state index in [1.54, 1.807) is 0 Å². The lowest BCUT2D eigenvalue weighted by atomic mass is 9.96. The van der Waals surface area contributed by atoms with Crippen LogP contribution in [-0.4, -0.2) is 59.6 Å². The number of unbranched alkanes of at least 4 members (excludes halogenated alkanes) is 11. The number of likely N-dealkylation sites (tertiary alicyclic amines) is 1. The smallest absolute Gasteiger partial charge is 0.294 e. The van der Waals surface area contributed by atoms with Crippen LogP contribution in [0.4, 0.5) is 8.78 Å². The highest BCUT2D eigenvalue weighted by atomic mass is 19.3. The zero-order valence-electron chi connectivity index (χ0n) is 19.7. The summed E-state index contributed by atoms with van der Waals surface area (Å²) in [6.07, 6.45) is 13.6. The first-order valence-corrected chi connectivity index (χ1v) is 12.3. The molecule has 0 bridgehead atoms. The molecule has 1 aliphatic rings. The van der Waals surface area contributed by atoms with Crippen molar-refractivity contribution in [2.24, 2.45) is 0 Å². The molecule has 1 atom stereocenters. The molecule has 0 aromatic carbocycles. The van der Waals surface area contributed by atoms with Gasteiger partial charge in [-0.05, 0) is 33.5 Å². The number of hydrogen-bond acceptors (Lipinski definition) is 3. The standard InChI is InChI=1S/C24H46F2N2O2/c1-4-5-6-7-8-9-10-11-12-13-14-15-18-23(25,26)24(30)19-17-22(29)28(24)21-16-20-27(2)3/h30H,4-21H2,1-3H3. The number of halogens is 2. The van der Waals surface area contributed by atoms with Gasteiger partial charge < -0.3 is 14.9 Å². The summed E-state index contributed by atoms with van der Waals surface area (Å²) in [6, 6.07) is 0. The lowest BCUT2D eigenvalue weighted by Crippen LogP contribution is -2.58. The number of aliphatic hydroxyl groups is 1. The predicted octanol–water partition coefficient (Wildman–Crippen LogP) is 5.98. The minimum Gasteiger partial charge on any atom is -0.366 e. The highest BCUT2D eigenvalue weighted by molar-refractivity contribution is 5.79. The molecule has 1 amide bonds. The Balaban J connectivity index is 2.24. The van der Waals surface area contributed by atoms with Gasteiger partial charge >= 0.3 is 0 Å². The normalized spacial score (nSPS) is 20.0. The molecule has 4 nitrogen and oxygen atoms in total. The summed E-state index contributed by atoms with van der Waals surface area (Å²) in [5, 5.41) is 10.7. The SMILES string of the molecule is CCCCCCCCCCCCCCC(F)(F)C1(O)CCC(=O)N1CCCN(C)C. The summed E-state index contributed by atoms with van der Waals surface area (Å²) < 4.78 is 29.7. The highest BCUT2D eigenvalue weighted by Crippen LogP contribution is 2.43. The Kier molecular flexibility index (Phi) is 13.0. The molecular weight excluding hydrogens is 386 g/mol. The third kappa shape index (κ3) is 9.17. The van der Waals surface area contributed by atoms with E-state index in [4.69, 9.17) is 0 Å². The van der Waals surface area contributed by atoms with Crippen LogP contribution in [0.25, 0.3) is 0 Å². The lowest BCUT2D eigenvalue weighted by Gasteiger charge is -2.40. The minimum absolute atomic E-state index is 0.00645. The van der Waals surface area contributed by atoms with Gasteiger partial charge in [0.15, 0.2) is 0 Å². The number of amides is 1. The minimum atomic E-state index is -3.25. The molecule has 0 aromatic rings. The van der Waals surface area contributed by atoms with Crippen LogP contribution in [-0.2, 0) is 4.79 Å². The van der Waals surface area contributed by atoms with Gasteiger partial charge in [-0.15, -0.1) is 0 Å². The van der Waals surface area contributed by atoms with Crippen molar-refractivity contribution in [3.8, 4) is 0 Å². The Morgan fingerprint density at radius 3 is 1.93 bits per heavy atom. The second-order valence-electron chi connectivity index (χ2n) is 9.36. The number of nitrogens with zero attached hydrogens (tertiary/aromatic N) is 2. The summed E-state index contributed by atoms with van der Waals surface area (Å²) in [7, 11) is 3.81. The zero-order valence-corrected chi connectivity index (χ0v) is 19.7. The van der Waals surface area contributed by atoms with Crippen LogP contribution in [0.3, 0.4) is 0 Å². The first-order valence-electron chi connectivity index (χ1n) is 12.3. The maximum Gasteiger partial charge on any atom is 0.294 e. The van der Waals surface area contributed by atoms with E-state index in [0.29, 0.717) is 19.4 Å². The van der Waals surface area contributed by atoms with E-state index in [1.165, 1.54) is 51.4 Å². The van der Waals surface area contributed by atoms with Gasteiger partial charge in [-0.25, -0.2) is 8.78 Å². The van der Waals surface area contributed by atoms with Gasteiger partial charge in [-0.3, -0.25) is 4.79 Å². The second kappa shape index (κ2) is 14.3. The monoisotopic (exact) mass is 432 g/mol. The molecule has 0 aromatic heterocycles. The lowest BCUT2D eigenvalue weighted by molar-refractivity contribution is -0.243. The van der Waals surface area contributed by atoms with Gasteiger partial charge in [0.1, 0.15) is 0 Å². The first kappa shape index (κ1) is 27.3. The van der Waals surface area contributed by atoms with E-state index in [1.807, 2.05) is 19.0 Å². The van der Waals surface area contributed by atoms with Gasteiger partial charge in [0.25, 0.3) is 5.92 Å². The Bertz CT molecular complexity index is 474. The van der Waals surface area contributed by atoms with E-state index < -0.39 is 11.6 Å². The Hall–Kier alpha value is -0.750. The fraction of sp³-hybridized carbons (Fsp3) is 0.958. The van der Waals surface area contributed by atoms with Gasteiger partial charge in [-0.1, -0.05) is 77.6 Å². The van der Waals surface area contributed by atoms with Gasteiger partial charge in [0, 0.05) is 25.8 Å². The molecule has 6 heteroatoms. The molecule has 0 aliphatic carbocycles. The molecule has 1 aliphatic heterocycles. The summed E-state index contributed by atoms with van der Waals surface area (Å²) in [5.74, 6) is -3.61. The average molecular weight is 433 g/mol. The largest absolute Gasteiger partial charge is 0.366 e. The molecule has 1 N–H and O–H groups in total. The van der Waals surface area contributed by atoms with Crippen LogP contribution in [0.5, 0.6) is 0 Å². The third-order valence-electron chi connectivity index (χ3n) is 6.35. The van der Waals surface area contributed by atoms with Crippen LogP contribution >= 0.6 is 0 Å². The molecule has 0 spiro atoms. The second-order valence-corrected chi connectivity index (χ2v) is 9.36. The quantitative estimate of drug-likeness (QED) is 0.271. The van der Waals surface area contributed by atoms with Crippen LogP contribution in [0.2, 0.25) is 0 Å². The third-order valence-corrected chi connectivity index (χ3v) is 6.35. The zero-order chi connectivity index (χ0) is 22.5. The maximum atomic E-state index is 14.9. The molecule has 1 fully saturated rings. The van der Waals surface area contributed by atoms with Crippen LogP contribution in [0, 0.1) is 0 Å². The summed E-state index contributed by atoms with van der Waals surface area (Å²) >= 11 is 0. The van der Waals surface area contributed by atoms with Crippen LogP contribution in [0.15, 0.2) is 0 Å². The van der Waals surface area contributed by atoms with Crippen molar-refractivity contribution in [1.29, 1.82) is 0 Å². The van der Waals surface area contributed by atoms with E-state index >= 15 is 0 Å². The topological polar surface area (TPSA) is 43.8 Å². The molecular formula is C24H46F2N2O2. The molecule has 30 heavy (non-hydrogen) atoms. The summed E-state index contributed by atoms with van der Waals surface area (Å²) in [4.78, 5) is 15.1. The van der Waals surface area contributed by atoms with E-state index in [9.17, 15) is 18.7 Å². The van der Waals surface area contributed by atoms with Gasteiger partial charge in [-0.2, -0.15) is 0 Å². The molecule has 1 heterocycles. The van der Waals surface area contributed by atoms with Gasteiger partial charge in [0.2, 0.25) is 11.6 Å². The number of rotatable bonds is 18. The number of hydrogen-bond donors (Lipinski definition) is 1. The molecule has 1 saturated heterocycles. The Labute approximate surface area is 183 Å². The Morgan fingerprint density at radius 1 is 0.933 bits per heavy atom. The Morgan fingerprint density at radius 2 is 1.43 bits per heavy atom. The molecule has 178 valence electrons. The molecule has 1 unspecified atom stereocenters. The summed E-state index contributed by atoms with van der Waals surface area (Å²) in [6.45, 7) is 3.11. The molecule has 1 rings (SSSR count). The number of alkyl halides is 2. The summed E-state index contributed by atoms with van der Waals surface area (Å²) in [5.41, 5.74) is -2.31. The fourth-order valence-corrected chi connectivity index (χ4v) is 4.38. The predicted molar refractivity (Wildman–Crippen MR) is 120 cm³/mol. The maximum absolute atomic E-state index is 14.9. The molecule has 0 saturated carbocycles. The number of carbonyl (C=O) groups excluding carboxylic acids is 1. The van der Waals surface area contributed by atoms with Crippen molar-refractivity contribution < 1.29 is 18.7 Å². The van der Waals surface area contributed by atoms with E-state index in [0.717, 1.165) is 24.2 Å². The van der Waals surface area contributed by atoms with Crippen molar-refractivity contribution in [2.45, 2.75) is 121 Å². The van der Waals surface area contributed by atoms with Crippen molar-refractivity contribution >= 4 is 5.91 Å². The van der Waals surface area contributed by atoms with Crippen molar-refractivity contribution in [3.05, 3.63) is 0 Å². The van der Waals surface area contributed by atoms with Crippen LogP contribution < -0.4 is 0 Å². The fourth-order valence-electron chi connectivity index (χ4n) is 4.38. The molecule has 0 radical (unpaired) electrons. The highest BCUT2D eigenvalue weighted by Gasteiger charge is 2.60. The first-order chi connectivity index (χ1) is 14.2. The van der Waals surface area contributed by atoms with Crippen molar-refractivity contribution in [1.82, 2.24) is 9.80 Å². The van der Waals surface area contributed by atoms with E-state index in [2.05, 4.69) is 6.92 Å². The van der Waals surface area contributed by atoms with Crippen molar-refractivity contribution in [2.75, 3.05) is 27.2 Å². The number of carbonyl (C=O) groups is 1. The van der Waals surface area contributed by atoms with E-state index in [-0.39, 0.29) is 31.7 Å². The van der Waals surface area contributed by atoms with Gasteiger partial charge in [0.05, 0.1) is 0 Å².